The second kappa shape index (κ2) is 5.35. The van der Waals surface area contributed by atoms with Gasteiger partial charge >= 0.3 is 5.97 Å². The van der Waals surface area contributed by atoms with Crippen LogP contribution in [0.1, 0.15) is 27.0 Å². The highest BCUT2D eigenvalue weighted by Gasteiger charge is 2.23. The molecule has 0 atom stereocenters. The Morgan fingerprint density at radius 2 is 2.20 bits per heavy atom. The first-order chi connectivity index (χ1) is 9.29. The average molecular weight is 316 g/mol. The molecule has 0 bridgehead atoms. The standard InChI is InChI=1S/C11H12N2O5S2/c1-6-5-19-10(13-6)4-12-20(16,17)9-3-8(11(14)15)18-7(9)2/h3,5,12H,4H2,1-2H3,(H,14,15). The van der Waals surface area contributed by atoms with Crippen LogP contribution in [0, 0.1) is 13.8 Å². The molecule has 0 amide bonds. The largest absolute Gasteiger partial charge is 0.475 e. The number of carbonyl (C=O) groups is 1. The summed E-state index contributed by atoms with van der Waals surface area (Å²) in [6.45, 7) is 3.26. The van der Waals surface area contributed by atoms with Crippen molar-refractivity contribution in [3.8, 4) is 0 Å². The first-order valence-electron chi connectivity index (χ1n) is 5.54. The van der Waals surface area contributed by atoms with Crippen LogP contribution >= 0.6 is 11.3 Å². The SMILES string of the molecule is Cc1csc(CNS(=O)(=O)c2cc(C(=O)O)oc2C)n1. The van der Waals surface area contributed by atoms with E-state index in [1.54, 1.807) is 0 Å². The molecule has 2 N–H and O–H groups in total. The van der Waals surface area contributed by atoms with Crippen molar-refractivity contribution in [2.24, 2.45) is 0 Å². The second-order valence-electron chi connectivity index (χ2n) is 4.04. The Morgan fingerprint density at radius 3 is 2.70 bits per heavy atom. The van der Waals surface area contributed by atoms with Crippen LogP contribution in [0.3, 0.4) is 0 Å². The summed E-state index contributed by atoms with van der Waals surface area (Å²) >= 11 is 1.34. The Bertz CT molecular complexity index is 745. The van der Waals surface area contributed by atoms with Gasteiger partial charge in [-0.3, -0.25) is 0 Å². The minimum atomic E-state index is -3.83. The molecule has 2 aromatic rings. The van der Waals surface area contributed by atoms with Crippen LogP contribution in [0.25, 0.3) is 0 Å². The summed E-state index contributed by atoms with van der Waals surface area (Å²) in [6, 6.07) is 0.993. The zero-order valence-electron chi connectivity index (χ0n) is 10.7. The van der Waals surface area contributed by atoms with Crippen molar-refractivity contribution in [3.63, 3.8) is 0 Å². The molecule has 0 unspecified atom stereocenters. The van der Waals surface area contributed by atoms with Crippen molar-refractivity contribution in [3.05, 3.63) is 33.7 Å². The predicted octanol–water partition coefficient (Wildman–Crippen LogP) is 1.53. The number of furan rings is 1. The summed E-state index contributed by atoms with van der Waals surface area (Å²) in [6.07, 6.45) is 0. The quantitative estimate of drug-likeness (QED) is 0.865. The number of rotatable bonds is 5. The van der Waals surface area contributed by atoms with Gasteiger partial charge in [-0.25, -0.2) is 22.9 Å². The number of sulfonamides is 1. The molecule has 0 spiro atoms. The van der Waals surface area contributed by atoms with Crippen LogP contribution in [0.15, 0.2) is 20.8 Å². The van der Waals surface area contributed by atoms with E-state index in [0.717, 1.165) is 11.8 Å². The summed E-state index contributed by atoms with van der Waals surface area (Å²) < 4.78 is 31.4. The van der Waals surface area contributed by atoms with Crippen LogP contribution in [-0.4, -0.2) is 24.5 Å². The maximum atomic E-state index is 12.1. The Morgan fingerprint density at radius 1 is 1.50 bits per heavy atom. The van der Waals surface area contributed by atoms with E-state index in [1.165, 1.54) is 18.3 Å². The monoisotopic (exact) mass is 316 g/mol. The fourth-order valence-corrected chi connectivity index (χ4v) is 3.52. The topological polar surface area (TPSA) is 110 Å². The number of thiazole rings is 1. The molecule has 2 rings (SSSR count). The number of carboxylic acids is 1. The minimum Gasteiger partial charge on any atom is -0.475 e. The number of nitrogens with zero attached hydrogens (tertiary/aromatic N) is 1. The Hall–Kier alpha value is -1.71. The molecule has 9 heteroatoms. The highest BCUT2D eigenvalue weighted by atomic mass is 32.2. The van der Waals surface area contributed by atoms with Gasteiger partial charge in [-0.2, -0.15) is 0 Å². The van der Waals surface area contributed by atoms with Crippen molar-refractivity contribution >= 4 is 27.3 Å². The minimum absolute atomic E-state index is 0.0326. The van der Waals surface area contributed by atoms with Gasteiger partial charge in [0.15, 0.2) is 0 Å². The number of aryl methyl sites for hydroxylation is 2. The van der Waals surface area contributed by atoms with Crippen LogP contribution in [0.2, 0.25) is 0 Å². The van der Waals surface area contributed by atoms with Crippen molar-refractivity contribution < 1.29 is 22.7 Å². The van der Waals surface area contributed by atoms with Crippen molar-refractivity contribution in [2.75, 3.05) is 0 Å². The van der Waals surface area contributed by atoms with Crippen molar-refractivity contribution in [1.29, 1.82) is 0 Å². The highest BCUT2D eigenvalue weighted by molar-refractivity contribution is 7.89. The normalized spacial score (nSPS) is 11.7. The fraction of sp³-hybridized carbons (Fsp3) is 0.273. The van der Waals surface area contributed by atoms with Crippen LogP contribution in [-0.2, 0) is 16.6 Å². The third-order valence-electron chi connectivity index (χ3n) is 2.45. The van der Waals surface area contributed by atoms with Crippen LogP contribution < -0.4 is 4.72 Å². The molecule has 0 fully saturated rings. The van der Waals surface area contributed by atoms with Gasteiger partial charge in [0.2, 0.25) is 15.8 Å². The summed E-state index contributed by atoms with van der Waals surface area (Å²) in [5, 5.41) is 11.2. The van der Waals surface area contributed by atoms with Gasteiger partial charge in [-0.15, -0.1) is 11.3 Å². The molecule has 0 aromatic carbocycles. The van der Waals surface area contributed by atoms with Crippen molar-refractivity contribution in [2.45, 2.75) is 25.3 Å². The molecule has 0 aliphatic rings. The predicted molar refractivity (Wildman–Crippen MR) is 71.3 cm³/mol. The summed E-state index contributed by atoms with van der Waals surface area (Å²) in [7, 11) is -3.83. The molecule has 20 heavy (non-hydrogen) atoms. The molecule has 7 nitrogen and oxygen atoms in total. The van der Waals surface area contributed by atoms with E-state index < -0.39 is 21.8 Å². The van der Waals surface area contributed by atoms with E-state index in [2.05, 4.69) is 9.71 Å². The molecule has 0 saturated carbocycles. The molecule has 0 aliphatic carbocycles. The maximum absolute atomic E-state index is 12.1. The molecule has 0 aliphatic heterocycles. The summed E-state index contributed by atoms with van der Waals surface area (Å²) in [5.41, 5.74) is 0.817. The van der Waals surface area contributed by atoms with Gasteiger partial charge < -0.3 is 9.52 Å². The molecular weight excluding hydrogens is 304 g/mol. The Kier molecular flexibility index (Phi) is 3.93. The van der Waals surface area contributed by atoms with Gasteiger partial charge in [-0.1, -0.05) is 0 Å². The molecule has 108 valence electrons. The van der Waals surface area contributed by atoms with E-state index in [-0.39, 0.29) is 17.2 Å². The lowest BCUT2D eigenvalue weighted by Gasteiger charge is -2.03. The number of hydrogen-bond donors (Lipinski definition) is 2. The maximum Gasteiger partial charge on any atom is 0.371 e. The number of carboxylic acid groups (broad SMARTS) is 1. The van der Waals surface area contributed by atoms with Crippen molar-refractivity contribution in [1.82, 2.24) is 9.71 Å². The second-order valence-corrected chi connectivity index (χ2v) is 6.72. The number of nitrogens with one attached hydrogen (secondary N) is 1. The molecular formula is C11H12N2O5S2. The van der Waals surface area contributed by atoms with E-state index in [4.69, 9.17) is 9.52 Å². The molecule has 2 heterocycles. The first-order valence-corrected chi connectivity index (χ1v) is 7.90. The van der Waals surface area contributed by atoms with E-state index in [9.17, 15) is 13.2 Å². The van der Waals surface area contributed by atoms with Gasteiger partial charge in [0.25, 0.3) is 0 Å². The van der Waals surface area contributed by atoms with Gasteiger partial charge in [0.05, 0.1) is 6.54 Å². The third kappa shape index (κ3) is 3.06. The number of aromatic nitrogens is 1. The lowest BCUT2D eigenvalue weighted by Crippen LogP contribution is -2.23. The number of hydrogen-bond acceptors (Lipinski definition) is 6. The highest BCUT2D eigenvalue weighted by Crippen LogP contribution is 2.20. The fourth-order valence-electron chi connectivity index (χ4n) is 1.56. The van der Waals surface area contributed by atoms with Gasteiger partial charge in [0.1, 0.15) is 15.7 Å². The van der Waals surface area contributed by atoms with Gasteiger partial charge in [-0.05, 0) is 13.8 Å². The molecule has 2 aromatic heterocycles. The summed E-state index contributed by atoms with van der Waals surface area (Å²) in [4.78, 5) is 14.7. The number of aromatic carboxylic acids is 1. The summed E-state index contributed by atoms with van der Waals surface area (Å²) in [5.74, 6) is -1.69. The smallest absolute Gasteiger partial charge is 0.371 e. The molecule has 0 saturated heterocycles. The average Bonchev–Trinajstić information content (AvgIpc) is 2.93. The lowest BCUT2D eigenvalue weighted by atomic mass is 10.4. The zero-order chi connectivity index (χ0) is 14.9. The zero-order valence-corrected chi connectivity index (χ0v) is 12.3. The Balaban J connectivity index is 2.20. The van der Waals surface area contributed by atoms with Gasteiger partial charge in [0, 0.05) is 17.1 Å². The van der Waals surface area contributed by atoms with Crippen LogP contribution in [0.5, 0.6) is 0 Å². The van der Waals surface area contributed by atoms with E-state index in [0.29, 0.717) is 5.01 Å². The third-order valence-corrected chi connectivity index (χ3v) is 4.93. The Labute approximate surface area is 119 Å². The van der Waals surface area contributed by atoms with E-state index in [1.807, 2.05) is 12.3 Å². The first kappa shape index (κ1) is 14.7. The van der Waals surface area contributed by atoms with Crippen LogP contribution in [0.4, 0.5) is 0 Å². The lowest BCUT2D eigenvalue weighted by molar-refractivity contribution is 0.0661. The molecule has 0 radical (unpaired) electrons. The van der Waals surface area contributed by atoms with E-state index >= 15 is 0 Å².